The van der Waals surface area contributed by atoms with E-state index < -0.39 is 0 Å². The van der Waals surface area contributed by atoms with Crippen molar-refractivity contribution in [3.05, 3.63) is 65.2 Å². The van der Waals surface area contributed by atoms with Crippen LogP contribution in [0.5, 0.6) is 0 Å². The Morgan fingerprint density at radius 2 is 1.64 bits per heavy atom. The molecule has 2 aromatic rings. The van der Waals surface area contributed by atoms with Crippen LogP contribution in [0.2, 0.25) is 0 Å². The molecule has 0 bridgehead atoms. The first-order chi connectivity index (χ1) is 13.5. The van der Waals surface area contributed by atoms with Crippen molar-refractivity contribution in [1.29, 1.82) is 0 Å². The Kier molecular flexibility index (Phi) is 6.58. The van der Waals surface area contributed by atoms with E-state index in [0.29, 0.717) is 23.4 Å². The molecule has 2 aromatic carbocycles. The second-order valence-corrected chi connectivity index (χ2v) is 7.34. The first-order valence-electron chi connectivity index (χ1n) is 9.82. The summed E-state index contributed by atoms with van der Waals surface area (Å²) < 4.78 is 0. The lowest BCUT2D eigenvalue weighted by atomic mass is 9.88. The number of rotatable bonds is 6. The van der Waals surface area contributed by atoms with E-state index in [4.69, 9.17) is 0 Å². The van der Waals surface area contributed by atoms with Crippen molar-refractivity contribution in [1.82, 2.24) is 5.32 Å². The van der Waals surface area contributed by atoms with Crippen molar-refractivity contribution in [3.8, 4) is 0 Å². The lowest BCUT2D eigenvalue weighted by molar-refractivity contribution is -0.126. The van der Waals surface area contributed by atoms with Gasteiger partial charge in [-0.1, -0.05) is 43.5 Å². The molecule has 0 aromatic heterocycles. The van der Waals surface area contributed by atoms with Crippen LogP contribution in [-0.2, 0) is 11.3 Å². The highest BCUT2D eigenvalue weighted by Gasteiger charge is 2.20. The summed E-state index contributed by atoms with van der Waals surface area (Å²) in [5.41, 5.74) is 2.62. The van der Waals surface area contributed by atoms with Gasteiger partial charge in [-0.15, -0.1) is 0 Å². The smallest absolute Gasteiger partial charge is 0.255 e. The molecule has 0 unspecified atom stereocenters. The molecule has 0 atom stereocenters. The maximum atomic E-state index is 12.4. The summed E-state index contributed by atoms with van der Waals surface area (Å²) >= 11 is 0. The van der Waals surface area contributed by atoms with Crippen LogP contribution in [-0.4, -0.2) is 17.6 Å². The predicted octanol–water partition coefficient (Wildman–Crippen LogP) is 4.34. The van der Waals surface area contributed by atoms with Gasteiger partial charge in [-0.25, -0.2) is 0 Å². The van der Waals surface area contributed by atoms with Crippen LogP contribution in [0, 0.1) is 5.92 Å². The van der Waals surface area contributed by atoms with Crippen LogP contribution in [0.3, 0.4) is 0 Å². The molecule has 0 aliphatic heterocycles. The number of benzene rings is 2. The maximum Gasteiger partial charge on any atom is 0.255 e. The fourth-order valence-electron chi connectivity index (χ4n) is 3.49. The van der Waals surface area contributed by atoms with Gasteiger partial charge in [0.25, 0.3) is 5.91 Å². The Morgan fingerprint density at radius 1 is 0.929 bits per heavy atom. The van der Waals surface area contributed by atoms with Crippen LogP contribution in [0.1, 0.15) is 65.3 Å². The number of nitrogens with one attached hydrogen (secondary N) is 2. The van der Waals surface area contributed by atoms with Gasteiger partial charge in [0.1, 0.15) is 0 Å². The summed E-state index contributed by atoms with van der Waals surface area (Å²) in [6.45, 7) is 1.96. The van der Waals surface area contributed by atoms with E-state index >= 15 is 0 Å². The quantitative estimate of drug-likeness (QED) is 0.734. The summed E-state index contributed by atoms with van der Waals surface area (Å²) in [7, 11) is 0. The minimum atomic E-state index is -0.238. The number of carbonyl (C=O) groups is 3. The van der Waals surface area contributed by atoms with Gasteiger partial charge in [0, 0.05) is 29.3 Å². The van der Waals surface area contributed by atoms with E-state index in [1.54, 1.807) is 36.4 Å². The highest BCUT2D eigenvalue weighted by molar-refractivity contribution is 6.05. The van der Waals surface area contributed by atoms with Crippen molar-refractivity contribution in [2.24, 2.45) is 5.92 Å². The van der Waals surface area contributed by atoms with E-state index in [-0.39, 0.29) is 23.5 Å². The second kappa shape index (κ2) is 9.31. The summed E-state index contributed by atoms with van der Waals surface area (Å²) in [4.78, 5) is 36.1. The molecule has 3 rings (SSSR count). The molecule has 28 heavy (non-hydrogen) atoms. The zero-order valence-electron chi connectivity index (χ0n) is 16.2. The highest BCUT2D eigenvalue weighted by atomic mass is 16.2. The monoisotopic (exact) mass is 378 g/mol. The number of ketones is 1. The van der Waals surface area contributed by atoms with Crippen LogP contribution in [0.15, 0.2) is 48.5 Å². The SMILES string of the molecule is CC(=O)c1cccc(NC(=O)c2ccc(CNC(=O)C3CCCCC3)cc2)c1. The van der Waals surface area contributed by atoms with Crippen LogP contribution in [0.4, 0.5) is 5.69 Å². The summed E-state index contributed by atoms with van der Waals surface area (Å²) in [5, 5.41) is 5.81. The minimum Gasteiger partial charge on any atom is -0.352 e. The second-order valence-electron chi connectivity index (χ2n) is 7.34. The third-order valence-corrected chi connectivity index (χ3v) is 5.19. The number of Topliss-reactive ketones (excluding diaryl/α,β-unsaturated/α-hetero) is 1. The van der Waals surface area contributed by atoms with E-state index in [0.717, 1.165) is 31.2 Å². The number of hydrogen-bond donors (Lipinski definition) is 2. The van der Waals surface area contributed by atoms with Gasteiger partial charge in [0.15, 0.2) is 5.78 Å². The van der Waals surface area contributed by atoms with Gasteiger partial charge in [0.05, 0.1) is 0 Å². The van der Waals surface area contributed by atoms with E-state index in [9.17, 15) is 14.4 Å². The van der Waals surface area contributed by atoms with Crippen LogP contribution >= 0.6 is 0 Å². The average Bonchev–Trinajstić information content (AvgIpc) is 2.73. The van der Waals surface area contributed by atoms with Crippen LogP contribution in [0.25, 0.3) is 0 Å². The lowest BCUT2D eigenvalue weighted by Crippen LogP contribution is -2.31. The lowest BCUT2D eigenvalue weighted by Gasteiger charge is -2.20. The largest absolute Gasteiger partial charge is 0.352 e. The maximum absolute atomic E-state index is 12.4. The zero-order valence-corrected chi connectivity index (χ0v) is 16.2. The van der Waals surface area contributed by atoms with E-state index in [1.807, 2.05) is 12.1 Å². The first kappa shape index (κ1) is 19.8. The van der Waals surface area contributed by atoms with Gasteiger partial charge in [-0.2, -0.15) is 0 Å². The molecule has 2 N–H and O–H groups in total. The van der Waals surface area contributed by atoms with Gasteiger partial charge >= 0.3 is 0 Å². The average molecular weight is 378 g/mol. The molecule has 0 spiro atoms. The molecule has 1 saturated carbocycles. The Labute approximate surface area is 165 Å². The fourth-order valence-corrected chi connectivity index (χ4v) is 3.49. The molecule has 2 amide bonds. The van der Waals surface area contributed by atoms with E-state index in [1.165, 1.54) is 13.3 Å². The fraction of sp³-hybridized carbons (Fsp3) is 0.348. The molecule has 1 aliphatic carbocycles. The van der Waals surface area contributed by atoms with Gasteiger partial charge in [-0.05, 0) is 49.6 Å². The van der Waals surface area contributed by atoms with Crippen LogP contribution < -0.4 is 10.6 Å². The first-order valence-corrected chi connectivity index (χ1v) is 9.82. The standard InChI is InChI=1S/C23H26N2O3/c1-16(26)20-8-5-9-21(14-20)25-23(28)19-12-10-17(11-13-19)15-24-22(27)18-6-3-2-4-7-18/h5,8-14,18H,2-4,6-7,15H2,1H3,(H,24,27)(H,25,28). The summed E-state index contributed by atoms with van der Waals surface area (Å²) in [5.74, 6) is -0.00865. The molecule has 146 valence electrons. The van der Waals surface area contributed by atoms with Gasteiger partial charge in [-0.3, -0.25) is 14.4 Å². The Balaban J connectivity index is 1.54. The molecule has 0 saturated heterocycles. The summed E-state index contributed by atoms with van der Waals surface area (Å²) in [6, 6.07) is 14.1. The molecule has 1 aliphatic rings. The number of hydrogen-bond acceptors (Lipinski definition) is 3. The molecular formula is C23H26N2O3. The predicted molar refractivity (Wildman–Crippen MR) is 109 cm³/mol. The third kappa shape index (κ3) is 5.28. The molecular weight excluding hydrogens is 352 g/mol. The number of anilines is 1. The zero-order chi connectivity index (χ0) is 19.9. The minimum absolute atomic E-state index is 0.0456. The van der Waals surface area contributed by atoms with Crippen molar-refractivity contribution in [3.63, 3.8) is 0 Å². The van der Waals surface area contributed by atoms with E-state index in [2.05, 4.69) is 10.6 Å². The normalized spacial score (nSPS) is 14.3. The molecule has 0 heterocycles. The van der Waals surface area contributed by atoms with Crippen molar-refractivity contribution >= 4 is 23.3 Å². The number of amides is 2. The Bertz CT molecular complexity index is 852. The molecule has 5 nitrogen and oxygen atoms in total. The van der Waals surface area contributed by atoms with Crippen molar-refractivity contribution in [2.75, 3.05) is 5.32 Å². The molecule has 1 fully saturated rings. The highest BCUT2D eigenvalue weighted by Crippen LogP contribution is 2.23. The molecule has 5 heteroatoms. The van der Waals surface area contributed by atoms with Crippen molar-refractivity contribution in [2.45, 2.75) is 45.6 Å². The Morgan fingerprint density at radius 3 is 2.32 bits per heavy atom. The Hall–Kier alpha value is -2.95. The van der Waals surface area contributed by atoms with Gasteiger partial charge in [0.2, 0.25) is 5.91 Å². The number of carbonyl (C=O) groups excluding carboxylic acids is 3. The molecule has 0 radical (unpaired) electrons. The third-order valence-electron chi connectivity index (χ3n) is 5.19. The topological polar surface area (TPSA) is 75.3 Å². The van der Waals surface area contributed by atoms with Gasteiger partial charge < -0.3 is 10.6 Å². The van der Waals surface area contributed by atoms with Crippen molar-refractivity contribution < 1.29 is 14.4 Å². The summed E-state index contributed by atoms with van der Waals surface area (Å²) in [6.07, 6.45) is 5.46.